The lowest BCUT2D eigenvalue weighted by Crippen LogP contribution is -1.96. The first-order valence-corrected chi connectivity index (χ1v) is 5.77. The number of rotatable bonds is 2. The van der Waals surface area contributed by atoms with Gasteiger partial charge in [0.15, 0.2) is 0 Å². The predicted octanol–water partition coefficient (Wildman–Crippen LogP) is 3.80. The van der Waals surface area contributed by atoms with Crippen LogP contribution in [0.5, 0.6) is 0 Å². The van der Waals surface area contributed by atoms with Crippen molar-refractivity contribution in [1.82, 2.24) is 4.98 Å². The lowest BCUT2D eigenvalue weighted by atomic mass is 9.99. The van der Waals surface area contributed by atoms with Crippen LogP contribution in [-0.2, 0) is 6.42 Å². The van der Waals surface area contributed by atoms with Gasteiger partial charge in [0.2, 0.25) is 0 Å². The van der Waals surface area contributed by atoms with Crippen molar-refractivity contribution in [3.8, 4) is 0 Å². The van der Waals surface area contributed by atoms with Crippen molar-refractivity contribution in [3.63, 3.8) is 0 Å². The van der Waals surface area contributed by atoms with Gasteiger partial charge in [0.25, 0.3) is 0 Å². The number of nitrogens with zero attached hydrogens (tertiary/aromatic N) is 1. The second-order valence-corrected chi connectivity index (χ2v) is 5.02. The molecule has 0 fully saturated rings. The maximum Gasteiger partial charge on any atom is 0.0664 e. The quantitative estimate of drug-likeness (QED) is 0.709. The van der Waals surface area contributed by atoms with Crippen LogP contribution in [0, 0.1) is 5.92 Å². The molecule has 0 saturated carbocycles. The third-order valence-electron chi connectivity index (χ3n) is 3.15. The van der Waals surface area contributed by atoms with Crippen LogP contribution in [0.3, 0.4) is 0 Å². The molecular weight excluding hydrogens is 182 g/mol. The largest absolute Gasteiger partial charge is 0.256 e. The van der Waals surface area contributed by atoms with Crippen LogP contribution in [0.2, 0.25) is 0 Å². The monoisotopic (exact) mass is 201 g/mol. The van der Waals surface area contributed by atoms with E-state index in [1.54, 1.807) is 0 Å². The van der Waals surface area contributed by atoms with E-state index in [1.807, 2.05) is 6.20 Å². The molecule has 1 heterocycles. The van der Waals surface area contributed by atoms with E-state index in [4.69, 9.17) is 0 Å². The number of hydrogen-bond donors (Lipinski definition) is 0. The van der Waals surface area contributed by atoms with Crippen LogP contribution < -0.4 is 0 Å². The fourth-order valence-electron chi connectivity index (χ4n) is 1.94. The topological polar surface area (TPSA) is 12.9 Å². The Morgan fingerprint density at radius 1 is 1.13 bits per heavy atom. The Hall–Kier alpha value is -1.11. The number of aromatic nitrogens is 1. The first-order chi connectivity index (χ1) is 7.08. The smallest absolute Gasteiger partial charge is 0.0664 e. The standard InChI is InChI=1S/C14H19N/c1-9(2)11-5-12-6-13(10(3)4)8-15-14(12)7-11/h6-10H,5H2,1-4H3. The molecule has 0 amide bonds. The Bertz CT molecular complexity index is 400. The lowest BCUT2D eigenvalue weighted by Gasteiger charge is -2.07. The molecule has 0 bridgehead atoms. The van der Waals surface area contributed by atoms with Gasteiger partial charge in [0, 0.05) is 6.20 Å². The molecule has 0 saturated heterocycles. The minimum absolute atomic E-state index is 0.575. The molecule has 1 heteroatoms. The van der Waals surface area contributed by atoms with Crippen LogP contribution in [-0.4, -0.2) is 4.98 Å². The first-order valence-electron chi connectivity index (χ1n) is 5.77. The highest BCUT2D eigenvalue weighted by Gasteiger charge is 2.16. The van der Waals surface area contributed by atoms with E-state index in [9.17, 15) is 0 Å². The van der Waals surface area contributed by atoms with Crippen LogP contribution in [0.1, 0.15) is 50.4 Å². The normalized spacial score (nSPS) is 14.7. The number of fused-ring (bicyclic) bond motifs is 1. The van der Waals surface area contributed by atoms with Crippen molar-refractivity contribution >= 4 is 6.08 Å². The highest BCUT2D eigenvalue weighted by molar-refractivity contribution is 5.61. The van der Waals surface area contributed by atoms with Gasteiger partial charge in [-0.15, -0.1) is 0 Å². The third-order valence-corrected chi connectivity index (χ3v) is 3.15. The summed E-state index contributed by atoms with van der Waals surface area (Å²) in [6.07, 6.45) is 5.37. The van der Waals surface area contributed by atoms with Gasteiger partial charge in [-0.3, -0.25) is 4.98 Å². The SMILES string of the molecule is CC(C)C1=Cc2ncc(C(C)C)cc2C1. The van der Waals surface area contributed by atoms with Crippen molar-refractivity contribution in [2.75, 3.05) is 0 Å². The van der Waals surface area contributed by atoms with Crippen molar-refractivity contribution in [1.29, 1.82) is 0 Å². The zero-order chi connectivity index (χ0) is 11.0. The molecule has 1 aliphatic rings. The Balaban J connectivity index is 2.31. The Morgan fingerprint density at radius 3 is 2.47 bits per heavy atom. The fraction of sp³-hybridized carbons (Fsp3) is 0.500. The Kier molecular flexibility index (Phi) is 2.64. The molecule has 0 N–H and O–H groups in total. The van der Waals surface area contributed by atoms with Crippen LogP contribution in [0.15, 0.2) is 17.8 Å². The molecule has 0 unspecified atom stereocenters. The fourth-order valence-corrected chi connectivity index (χ4v) is 1.94. The summed E-state index contributed by atoms with van der Waals surface area (Å²) in [6, 6.07) is 2.32. The van der Waals surface area contributed by atoms with E-state index in [-0.39, 0.29) is 0 Å². The summed E-state index contributed by atoms with van der Waals surface area (Å²) in [5.41, 5.74) is 5.46. The van der Waals surface area contributed by atoms with Crippen molar-refractivity contribution in [2.24, 2.45) is 5.92 Å². The zero-order valence-electron chi connectivity index (χ0n) is 10.0. The molecule has 2 rings (SSSR count). The van der Waals surface area contributed by atoms with Gasteiger partial charge in [-0.1, -0.05) is 39.3 Å². The van der Waals surface area contributed by atoms with Crippen molar-refractivity contribution in [2.45, 2.75) is 40.0 Å². The van der Waals surface area contributed by atoms with Gasteiger partial charge in [-0.25, -0.2) is 0 Å². The summed E-state index contributed by atoms with van der Waals surface area (Å²) in [6.45, 7) is 8.94. The van der Waals surface area contributed by atoms with Gasteiger partial charge < -0.3 is 0 Å². The van der Waals surface area contributed by atoms with E-state index < -0.39 is 0 Å². The summed E-state index contributed by atoms with van der Waals surface area (Å²) >= 11 is 0. The highest BCUT2D eigenvalue weighted by atomic mass is 14.7. The highest BCUT2D eigenvalue weighted by Crippen LogP contribution is 2.29. The van der Waals surface area contributed by atoms with E-state index in [2.05, 4.69) is 44.8 Å². The van der Waals surface area contributed by atoms with Crippen LogP contribution in [0.25, 0.3) is 6.08 Å². The molecule has 1 aliphatic carbocycles. The predicted molar refractivity (Wildman–Crippen MR) is 64.8 cm³/mol. The maximum absolute atomic E-state index is 4.54. The molecule has 0 atom stereocenters. The zero-order valence-corrected chi connectivity index (χ0v) is 10.0. The van der Waals surface area contributed by atoms with Crippen molar-refractivity contribution in [3.05, 3.63) is 34.7 Å². The third kappa shape index (κ3) is 1.97. The van der Waals surface area contributed by atoms with Gasteiger partial charge in [0.1, 0.15) is 0 Å². The molecule has 0 radical (unpaired) electrons. The van der Waals surface area contributed by atoms with E-state index in [0.717, 1.165) is 6.42 Å². The van der Waals surface area contributed by atoms with Crippen LogP contribution in [0.4, 0.5) is 0 Å². The van der Waals surface area contributed by atoms with Gasteiger partial charge in [-0.05, 0) is 35.5 Å². The molecule has 80 valence electrons. The van der Waals surface area contributed by atoms with Gasteiger partial charge >= 0.3 is 0 Å². The lowest BCUT2D eigenvalue weighted by molar-refractivity contribution is 0.753. The van der Waals surface area contributed by atoms with Gasteiger partial charge in [-0.2, -0.15) is 0 Å². The molecular formula is C14H19N. The number of allylic oxidation sites excluding steroid dienone is 1. The molecule has 1 aromatic rings. The molecule has 0 spiro atoms. The number of pyridine rings is 1. The maximum atomic E-state index is 4.54. The van der Waals surface area contributed by atoms with Crippen molar-refractivity contribution < 1.29 is 0 Å². The molecule has 1 nitrogen and oxygen atoms in total. The minimum Gasteiger partial charge on any atom is -0.256 e. The Morgan fingerprint density at radius 2 is 1.87 bits per heavy atom. The second-order valence-electron chi connectivity index (χ2n) is 5.02. The first kappa shape index (κ1) is 10.4. The number of hydrogen-bond acceptors (Lipinski definition) is 1. The Labute approximate surface area is 92.2 Å². The second kappa shape index (κ2) is 3.80. The summed E-state index contributed by atoms with van der Waals surface area (Å²) in [5, 5.41) is 0. The van der Waals surface area contributed by atoms with Gasteiger partial charge in [0.05, 0.1) is 5.69 Å². The van der Waals surface area contributed by atoms with E-state index in [0.29, 0.717) is 11.8 Å². The van der Waals surface area contributed by atoms with E-state index in [1.165, 1.54) is 22.4 Å². The summed E-state index contributed by atoms with van der Waals surface area (Å²) in [7, 11) is 0. The summed E-state index contributed by atoms with van der Waals surface area (Å²) < 4.78 is 0. The molecule has 0 aliphatic heterocycles. The summed E-state index contributed by atoms with van der Waals surface area (Å²) in [5.74, 6) is 1.22. The van der Waals surface area contributed by atoms with E-state index >= 15 is 0 Å². The molecule has 15 heavy (non-hydrogen) atoms. The summed E-state index contributed by atoms with van der Waals surface area (Å²) in [4.78, 5) is 4.54. The average Bonchev–Trinajstić information content (AvgIpc) is 2.59. The minimum atomic E-state index is 0.575. The molecule has 1 aromatic heterocycles. The average molecular weight is 201 g/mol. The molecule has 0 aromatic carbocycles. The van der Waals surface area contributed by atoms with Crippen LogP contribution >= 0.6 is 0 Å².